The number of allylic oxidation sites excluding steroid dienone is 1. The second kappa shape index (κ2) is 8.75. The van der Waals surface area contributed by atoms with Crippen LogP contribution in [0.25, 0.3) is 27.7 Å². The number of benzene rings is 2. The van der Waals surface area contributed by atoms with Gasteiger partial charge in [-0.1, -0.05) is 29.3 Å². The average Bonchev–Trinajstić information content (AvgIpc) is 3.16. The van der Waals surface area contributed by atoms with Gasteiger partial charge in [-0.05, 0) is 50.0 Å². The van der Waals surface area contributed by atoms with E-state index in [4.69, 9.17) is 32.4 Å². The molecule has 156 valence electrons. The van der Waals surface area contributed by atoms with Gasteiger partial charge in [0, 0.05) is 52.3 Å². The summed E-state index contributed by atoms with van der Waals surface area (Å²) in [5.74, 6) is 0.702. The van der Waals surface area contributed by atoms with Crippen LogP contribution in [0, 0.1) is 0 Å². The van der Waals surface area contributed by atoms with Crippen LogP contribution >= 0.6 is 23.2 Å². The van der Waals surface area contributed by atoms with E-state index < -0.39 is 0 Å². The lowest BCUT2D eigenvalue weighted by Crippen LogP contribution is -2.34. The third-order valence-corrected chi connectivity index (χ3v) is 6.10. The number of furan rings is 1. The number of hydrogen-bond acceptors (Lipinski definition) is 3. The molecular formula is C24H23Cl2NO3. The number of piperidine rings is 1. The molecule has 0 N–H and O–H groups in total. The van der Waals surface area contributed by atoms with E-state index in [1.165, 1.54) is 6.42 Å². The van der Waals surface area contributed by atoms with Gasteiger partial charge in [-0.15, -0.1) is 0 Å². The van der Waals surface area contributed by atoms with Crippen LogP contribution in [-0.2, 0) is 4.79 Å². The molecule has 2 heterocycles. The van der Waals surface area contributed by atoms with Crippen LogP contribution in [0.2, 0.25) is 10.0 Å². The first-order chi connectivity index (χ1) is 14.5. The number of methoxy groups -OCH3 is 1. The first-order valence-corrected chi connectivity index (χ1v) is 10.8. The van der Waals surface area contributed by atoms with Gasteiger partial charge in [0.15, 0.2) is 0 Å². The van der Waals surface area contributed by atoms with Gasteiger partial charge in [-0.3, -0.25) is 4.79 Å². The fraction of sp³-hybridized carbons (Fsp3) is 0.292. The second-order valence-corrected chi connectivity index (χ2v) is 8.38. The third kappa shape index (κ3) is 4.07. The van der Waals surface area contributed by atoms with Gasteiger partial charge >= 0.3 is 0 Å². The lowest BCUT2D eigenvalue weighted by Gasteiger charge is -2.25. The summed E-state index contributed by atoms with van der Waals surface area (Å²) in [7, 11) is 1.62. The molecular weight excluding hydrogens is 421 g/mol. The molecule has 0 bridgehead atoms. The van der Waals surface area contributed by atoms with Crippen molar-refractivity contribution in [2.24, 2.45) is 0 Å². The molecule has 1 aromatic heterocycles. The Labute approximate surface area is 186 Å². The van der Waals surface area contributed by atoms with Crippen molar-refractivity contribution in [2.75, 3.05) is 20.2 Å². The van der Waals surface area contributed by atoms with Gasteiger partial charge in [0.05, 0.1) is 18.4 Å². The first kappa shape index (κ1) is 20.8. The zero-order valence-corrected chi connectivity index (χ0v) is 18.5. The van der Waals surface area contributed by atoms with Gasteiger partial charge in [0.2, 0.25) is 5.91 Å². The fourth-order valence-corrected chi connectivity index (χ4v) is 4.43. The molecule has 0 saturated carbocycles. The molecule has 3 aromatic rings. The van der Waals surface area contributed by atoms with Gasteiger partial charge in [-0.2, -0.15) is 0 Å². The summed E-state index contributed by atoms with van der Waals surface area (Å²) >= 11 is 12.5. The molecule has 0 radical (unpaired) electrons. The topological polar surface area (TPSA) is 42.7 Å². The molecule has 4 rings (SSSR count). The summed E-state index contributed by atoms with van der Waals surface area (Å²) in [4.78, 5) is 14.6. The van der Waals surface area contributed by atoms with Crippen molar-refractivity contribution < 1.29 is 13.9 Å². The quantitative estimate of drug-likeness (QED) is 0.414. The van der Waals surface area contributed by atoms with E-state index in [9.17, 15) is 4.79 Å². The van der Waals surface area contributed by atoms with Crippen LogP contribution in [0.1, 0.15) is 31.7 Å². The maximum absolute atomic E-state index is 12.7. The van der Waals surface area contributed by atoms with Crippen molar-refractivity contribution in [1.29, 1.82) is 0 Å². The summed E-state index contributed by atoms with van der Waals surface area (Å²) in [6.45, 7) is 3.57. The number of ether oxygens (including phenoxy) is 1. The molecule has 1 fully saturated rings. The molecule has 0 atom stereocenters. The number of rotatable bonds is 4. The van der Waals surface area contributed by atoms with Crippen LogP contribution in [0.4, 0.5) is 0 Å². The number of likely N-dealkylation sites (tertiary alicyclic amines) is 1. The highest BCUT2D eigenvalue weighted by Crippen LogP contribution is 2.40. The summed E-state index contributed by atoms with van der Waals surface area (Å²) in [6.07, 6.45) is 6.70. The highest BCUT2D eigenvalue weighted by atomic mass is 35.5. The summed E-state index contributed by atoms with van der Waals surface area (Å²) < 4.78 is 11.4. The van der Waals surface area contributed by atoms with Gasteiger partial charge in [0.25, 0.3) is 0 Å². The lowest BCUT2D eigenvalue weighted by atomic mass is 9.99. The Morgan fingerprint density at radius 1 is 1.10 bits per heavy atom. The van der Waals surface area contributed by atoms with Crippen LogP contribution in [0.3, 0.4) is 0 Å². The van der Waals surface area contributed by atoms with E-state index in [2.05, 4.69) is 0 Å². The molecule has 30 heavy (non-hydrogen) atoms. The zero-order chi connectivity index (χ0) is 21.3. The Balaban J connectivity index is 1.77. The Bertz CT molecular complexity index is 1130. The van der Waals surface area contributed by atoms with Crippen molar-refractivity contribution in [2.45, 2.75) is 26.2 Å². The van der Waals surface area contributed by atoms with E-state index >= 15 is 0 Å². The predicted octanol–water partition coefficient (Wildman–Crippen LogP) is 6.83. The minimum atomic E-state index is 0.0440. The van der Waals surface area contributed by atoms with Crippen molar-refractivity contribution in [3.63, 3.8) is 0 Å². The summed E-state index contributed by atoms with van der Waals surface area (Å²) in [5.41, 5.74) is 4.08. The minimum Gasteiger partial charge on any atom is -0.496 e. The van der Waals surface area contributed by atoms with Crippen LogP contribution in [0.5, 0.6) is 5.75 Å². The molecule has 0 spiro atoms. The fourth-order valence-electron chi connectivity index (χ4n) is 3.92. The number of amides is 1. The number of fused-ring (bicyclic) bond motifs is 1. The van der Waals surface area contributed by atoms with E-state index in [1.807, 2.05) is 30.0 Å². The highest BCUT2D eigenvalue weighted by molar-refractivity contribution is 6.36. The van der Waals surface area contributed by atoms with E-state index in [0.29, 0.717) is 21.4 Å². The molecule has 1 aliphatic heterocycles. The molecule has 1 saturated heterocycles. The highest BCUT2D eigenvalue weighted by Gasteiger charge is 2.18. The SMILES string of the molecule is COc1cc2occ(-c3ccc(Cl)cc3Cl)c2cc1/C(C)=C/C(=O)N1CCCCC1. The largest absolute Gasteiger partial charge is 0.496 e. The van der Waals surface area contributed by atoms with Gasteiger partial charge in [0.1, 0.15) is 11.3 Å². The van der Waals surface area contributed by atoms with Crippen LogP contribution < -0.4 is 4.74 Å². The van der Waals surface area contributed by atoms with Gasteiger partial charge in [-0.25, -0.2) is 0 Å². The zero-order valence-electron chi connectivity index (χ0n) is 17.0. The summed E-state index contributed by atoms with van der Waals surface area (Å²) in [5, 5.41) is 2.03. The maximum atomic E-state index is 12.7. The Morgan fingerprint density at radius 2 is 1.87 bits per heavy atom. The predicted molar refractivity (Wildman–Crippen MR) is 122 cm³/mol. The maximum Gasteiger partial charge on any atom is 0.246 e. The second-order valence-electron chi connectivity index (χ2n) is 7.54. The van der Waals surface area contributed by atoms with E-state index in [0.717, 1.165) is 53.6 Å². The molecule has 0 aliphatic carbocycles. The van der Waals surface area contributed by atoms with E-state index in [-0.39, 0.29) is 5.91 Å². The number of carbonyl (C=O) groups excluding carboxylic acids is 1. The Morgan fingerprint density at radius 3 is 2.57 bits per heavy atom. The monoisotopic (exact) mass is 443 g/mol. The number of carbonyl (C=O) groups is 1. The lowest BCUT2D eigenvalue weighted by molar-refractivity contribution is -0.126. The molecule has 6 heteroatoms. The normalized spacial score (nSPS) is 14.9. The molecule has 4 nitrogen and oxygen atoms in total. The van der Waals surface area contributed by atoms with E-state index in [1.54, 1.807) is 31.6 Å². The molecule has 0 unspecified atom stereocenters. The minimum absolute atomic E-state index is 0.0440. The average molecular weight is 444 g/mol. The number of halogens is 2. The van der Waals surface area contributed by atoms with Gasteiger partial charge < -0.3 is 14.1 Å². The first-order valence-electron chi connectivity index (χ1n) is 10.00. The molecule has 1 aliphatic rings. The molecule has 1 amide bonds. The molecule has 2 aromatic carbocycles. The van der Waals surface area contributed by atoms with Crippen LogP contribution in [-0.4, -0.2) is 31.0 Å². The van der Waals surface area contributed by atoms with Crippen molar-refractivity contribution in [1.82, 2.24) is 4.90 Å². The Hall–Kier alpha value is -2.43. The standard InChI is InChI=1S/C24H23Cl2NO3/c1-15(10-24(28)27-8-4-3-5-9-27)18-12-19-20(14-30-23(19)13-22(18)29-2)17-7-6-16(25)11-21(17)26/h6-7,10-14H,3-5,8-9H2,1-2H3/b15-10+. The van der Waals surface area contributed by atoms with Crippen molar-refractivity contribution in [3.8, 4) is 16.9 Å². The number of hydrogen-bond donors (Lipinski definition) is 0. The van der Waals surface area contributed by atoms with Crippen LogP contribution in [0.15, 0.2) is 47.1 Å². The number of nitrogens with zero attached hydrogens (tertiary/aromatic N) is 1. The summed E-state index contributed by atoms with van der Waals surface area (Å²) in [6, 6.07) is 9.23. The van der Waals surface area contributed by atoms with Crippen molar-refractivity contribution in [3.05, 3.63) is 58.3 Å². The third-order valence-electron chi connectivity index (χ3n) is 5.55. The Kier molecular flexibility index (Phi) is 6.07. The smallest absolute Gasteiger partial charge is 0.246 e. The van der Waals surface area contributed by atoms with Crippen molar-refractivity contribution >= 4 is 45.7 Å².